The van der Waals surface area contributed by atoms with Gasteiger partial charge < -0.3 is 21.1 Å². The van der Waals surface area contributed by atoms with Gasteiger partial charge in [0.25, 0.3) is 5.91 Å². The molecule has 1 saturated carbocycles. The molecule has 6 atom stereocenters. The molecule has 1 saturated heterocycles. The van der Waals surface area contributed by atoms with Crippen LogP contribution in [0.15, 0.2) is 60.8 Å². The first-order chi connectivity index (χ1) is 24.4. The Morgan fingerprint density at radius 3 is 2.21 bits per heavy atom. The summed E-state index contributed by atoms with van der Waals surface area (Å²) in [4.78, 5) is 52.3. The Hall–Kier alpha value is -3.94. The number of para-hydroxylation sites is 2. The zero-order valence-corrected chi connectivity index (χ0v) is 31.9. The molecular formula is C39H54N6O6S. The Bertz CT molecular complexity index is 1850. The second-order valence-electron chi connectivity index (χ2n) is 16.1. The minimum Gasteiger partial charge on any atom is -0.390 e. The standard InChI is InChI=1S/C39H54N6O6S/c1-38(2,3)44-36(48)32-21-26-16-10-11-17-27(26)23-45(32)24-33(46)30(20-25-14-8-7-9-15-25)42-37(49)34(39(4,5)52(6,50)51)43-35(47)31-22-40-28-18-12-13-19-29(28)41-31/h7-9,12-15,18-19,22,26-27,30,32-34,46H,10-11,16-17,20-21,23-24H2,1-6H3,(H,42,49)(H,43,47)(H,44,48)/t26-,27+,30-,32-,33+,34+/m0/s1. The van der Waals surface area contributed by atoms with E-state index in [1.807, 2.05) is 51.1 Å². The number of aliphatic hydroxyl groups excluding tert-OH is 1. The van der Waals surface area contributed by atoms with E-state index in [0.29, 0.717) is 35.8 Å². The molecule has 0 radical (unpaired) electrons. The van der Waals surface area contributed by atoms with Crippen LogP contribution in [0.1, 0.15) is 82.8 Å². The molecular weight excluding hydrogens is 681 g/mol. The van der Waals surface area contributed by atoms with E-state index in [9.17, 15) is 27.9 Å². The molecule has 5 rings (SSSR count). The van der Waals surface area contributed by atoms with E-state index in [0.717, 1.165) is 37.5 Å². The number of β-amino-alcohol motifs (C(OH)–C–C–N with tert-alkyl or cyclic N) is 1. The SMILES string of the molecule is CC(C)(C)NC(=O)[C@@H]1C[C@@H]2CCCC[C@@H]2CN1C[C@@H](O)[C@H](Cc1ccccc1)NC(=O)[C@@H](NC(=O)c1cnc2ccccc2n1)C(C)(C)S(C)(=O)=O. The van der Waals surface area contributed by atoms with Crippen LogP contribution in [0.2, 0.25) is 0 Å². The second-order valence-corrected chi connectivity index (χ2v) is 18.7. The van der Waals surface area contributed by atoms with Gasteiger partial charge in [-0.2, -0.15) is 0 Å². The largest absolute Gasteiger partial charge is 0.390 e. The molecule has 12 nitrogen and oxygen atoms in total. The zero-order chi connectivity index (χ0) is 37.8. The molecule has 52 heavy (non-hydrogen) atoms. The van der Waals surface area contributed by atoms with Crippen molar-refractivity contribution in [1.29, 1.82) is 0 Å². The number of hydrogen-bond donors (Lipinski definition) is 4. The molecule has 1 aliphatic carbocycles. The first-order valence-electron chi connectivity index (χ1n) is 18.2. The summed E-state index contributed by atoms with van der Waals surface area (Å²) in [7, 11) is -3.92. The molecule has 0 unspecified atom stereocenters. The number of amides is 3. The summed E-state index contributed by atoms with van der Waals surface area (Å²) < 4.78 is 24.5. The topological polar surface area (TPSA) is 171 Å². The van der Waals surface area contributed by atoms with Crippen molar-refractivity contribution in [2.24, 2.45) is 11.8 Å². The van der Waals surface area contributed by atoms with E-state index in [-0.39, 0.29) is 24.6 Å². The van der Waals surface area contributed by atoms with Gasteiger partial charge in [0.1, 0.15) is 11.7 Å². The first kappa shape index (κ1) is 39.3. The monoisotopic (exact) mass is 734 g/mol. The molecule has 2 fully saturated rings. The first-order valence-corrected chi connectivity index (χ1v) is 20.1. The van der Waals surface area contributed by atoms with E-state index in [4.69, 9.17) is 0 Å². The van der Waals surface area contributed by atoms with Gasteiger partial charge in [-0.05, 0) is 83.4 Å². The molecule has 2 aromatic carbocycles. The quantitative estimate of drug-likeness (QED) is 0.218. The number of likely N-dealkylation sites (tertiary alicyclic amines) is 1. The van der Waals surface area contributed by atoms with Gasteiger partial charge in [-0.15, -0.1) is 0 Å². The number of rotatable bonds is 12. The van der Waals surface area contributed by atoms with E-state index in [2.05, 4.69) is 30.8 Å². The fourth-order valence-electron chi connectivity index (χ4n) is 7.45. The van der Waals surface area contributed by atoms with Crippen LogP contribution >= 0.6 is 0 Å². The van der Waals surface area contributed by atoms with Gasteiger partial charge in [0.05, 0.1) is 40.2 Å². The third-order valence-electron chi connectivity index (χ3n) is 10.7. The number of aliphatic hydroxyl groups is 1. The fraction of sp³-hybridized carbons (Fsp3) is 0.564. The molecule has 0 bridgehead atoms. The highest BCUT2D eigenvalue weighted by atomic mass is 32.2. The lowest BCUT2D eigenvalue weighted by atomic mass is 9.72. The highest BCUT2D eigenvalue weighted by molar-refractivity contribution is 7.92. The molecule has 2 aliphatic rings. The van der Waals surface area contributed by atoms with Crippen molar-refractivity contribution in [2.45, 2.75) is 108 Å². The van der Waals surface area contributed by atoms with Crippen LogP contribution in [0.25, 0.3) is 11.0 Å². The Balaban J connectivity index is 1.43. The van der Waals surface area contributed by atoms with Crippen LogP contribution in [0.3, 0.4) is 0 Å². The summed E-state index contributed by atoms with van der Waals surface area (Å²) in [5.74, 6) is -0.770. The van der Waals surface area contributed by atoms with Crippen molar-refractivity contribution < 1.29 is 27.9 Å². The Morgan fingerprint density at radius 1 is 0.923 bits per heavy atom. The number of benzene rings is 2. The van der Waals surface area contributed by atoms with Crippen LogP contribution in [0.5, 0.6) is 0 Å². The van der Waals surface area contributed by atoms with E-state index in [1.165, 1.54) is 20.0 Å². The number of hydrogen-bond acceptors (Lipinski definition) is 9. The number of nitrogens with one attached hydrogen (secondary N) is 3. The van der Waals surface area contributed by atoms with E-state index in [1.54, 1.807) is 24.3 Å². The van der Waals surface area contributed by atoms with Crippen LogP contribution < -0.4 is 16.0 Å². The summed E-state index contributed by atoms with van der Waals surface area (Å²) in [5.41, 5.74) is 1.38. The van der Waals surface area contributed by atoms with Crippen molar-refractivity contribution in [3.8, 4) is 0 Å². The lowest BCUT2D eigenvalue weighted by Crippen LogP contribution is -2.64. The van der Waals surface area contributed by atoms with Crippen molar-refractivity contribution >= 4 is 38.6 Å². The molecule has 282 valence electrons. The lowest BCUT2D eigenvalue weighted by molar-refractivity contribution is -0.133. The second kappa shape index (κ2) is 16.0. The normalized spacial score (nSPS) is 21.7. The maximum atomic E-state index is 14.3. The Kier molecular flexibility index (Phi) is 12.1. The highest BCUT2D eigenvalue weighted by Crippen LogP contribution is 2.39. The predicted molar refractivity (Wildman–Crippen MR) is 201 cm³/mol. The summed E-state index contributed by atoms with van der Waals surface area (Å²) >= 11 is 0. The molecule has 1 aliphatic heterocycles. The van der Waals surface area contributed by atoms with Crippen molar-refractivity contribution in [1.82, 2.24) is 30.8 Å². The van der Waals surface area contributed by atoms with Gasteiger partial charge in [0, 0.05) is 24.9 Å². The van der Waals surface area contributed by atoms with Gasteiger partial charge in [0.2, 0.25) is 11.8 Å². The maximum Gasteiger partial charge on any atom is 0.272 e. The maximum absolute atomic E-state index is 14.3. The third-order valence-corrected chi connectivity index (χ3v) is 12.8. The van der Waals surface area contributed by atoms with Crippen molar-refractivity contribution in [3.63, 3.8) is 0 Å². The van der Waals surface area contributed by atoms with Crippen LogP contribution in [0.4, 0.5) is 0 Å². The molecule has 2 heterocycles. The summed E-state index contributed by atoms with van der Waals surface area (Å²) in [5, 5.41) is 20.7. The summed E-state index contributed by atoms with van der Waals surface area (Å²) in [6.45, 7) is 9.37. The van der Waals surface area contributed by atoms with Crippen LogP contribution in [0, 0.1) is 11.8 Å². The molecule has 0 spiro atoms. The Labute approximate surface area is 307 Å². The van der Waals surface area contributed by atoms with Crippen molar-refractivity contribution in [3.05, 3.63) is 72.1 Å². The van der Waals surface area contributed by atoms with Gasteiger partial charge in [-0.25, -0.2) is 13.4 Å². The highest BCUT2D eigenvalue weighted by Gasteiger charge is 2.46. The number of carbonyl (C=O) groups excluding carboxylic acids is 3. The third kappa shape index (κ3) is 9.53. The Morgan fingerprint density at radius 2 is 1.56 bits per heavy atom. The van der Waals surface area contributed by atoms with E-state index >= 15 is 0 Å². The number of aromatic nitrogens is 2. The average Bonchev–Trinajstić information content (AvgIpc) is 3.08. The number of nitrogens with zero attached hydrogens (tertiary/aromatic N) is 3. The van der Waals surface area contributed by atoms with Gasteiger partial charge >= 0.3 is 0 Å². The molecule has 13 heteroatoms. The number of sulfone groups is 1. The smallest absolute Gasteiger partial charge is 0.272 e. The van der Waals surface area contributed by atoms with Crippen LogP contribution in [-0.2, 0) is 25.8 Å². The molecule has 3 aromatic rings. The average molecular weight is 735 g/mol. The molecule has 1 aromatic heterocycles. The fourth-order valence-corrected chi connectivity index (χ4v) is 8.05. The van der Waals surface area contributed by atoms with Gasteiger partial charge in [-0.1, -0.05) is 61.7 Å². The molecule has 4 N–H and O–H groups in total. The van der Waals surface area contributed by atoms with Crippen LogP contribution in [-0.4, -0.2) is 100.0 Å². The lowest BCUT2D eigenvalue weighted by Gasteiger charge is -2.47. The minimum atomic E-state index is -3.92. The molecule has 3 amide bonds. The summed E-state index contributed by atoms with van der Waals surface area (Å²) in [6, 6.07) is 13.5. The predicted octanol–water partition coefficient (Wildman–Crippen LogP) is 3.44. The summed E-state index contributed by atoms with van der Waals surface area (Å²) in [6.07, 6.45) is 6.52. The number of carbonyl (C=O) groups is 3. The van der Waals surface area contributed by atoms with Gasteiger partial charge in [-0.3, -0.25) is 24.3 Å². The minimum absolute atomic E-state index is 0.0765. The zero-order valence-electron chi connectivity index (χ0n) is 31.1. The number of piperidine rings is 1. The number of fused-ring (bicyclic) bond motifs is 2. The van der Waals surface area contributed by atoms with Gasteiger partial charge in [0.15, 0.2) is 9.84 Å². The van der Waals surface area contributed by atoms with Crippen molar-refractivity contribution in [2.75, 3.05) is 19.3 Å². The van der Waals surface area contributed by atoms with E-state index < -0.39 is 56.2 Å².